The molecule has 0 saturated carbocycles. The maximum absolute atomic E-state index is 13.4. The Morgan fingerprint density at radius 3 is 2.65 bits per heavy atom. The van der Waals surface area contributed by atoms with Gasteiger partial charge in [-0.05, 0) is 48.4 Å². The summed E-state index contributed by atoms with van der Waals surface area (Å²) in [5.74, 6) is 0.370. The smallest absolute Gasteiger partial charge is 0.226 e. The van der Waals surface area contributed by atoms with E-state index in [-0.39, 0.29) is 24.7 Å². The molecule has 2 heterocycles. The second-order valence-electron chi connectivity index (χ2n) is 8.23. The summed E-state index contributed by atoms with van der Waals surface area (Å²) >= 11 is 0. The van der Waals surface area contributed by atoms with Gasteiger partial charge in [-0.1, -0.05) is 30.3 Å². The van der Waals surface area contributed by atoms with Gasteiger partial charge < -0.3 is 14.8 Å². The predicted octanol–water partition coefficient (Wildman–Crippen LogP) is 3.98. The molecule has 0 radical (unpaired) electrons. The highest BCUT2D eigenvalue weighted by Gasteiger charge is 2.16. The van der Waals surface area contributed by atoms with Crippen molar-refractivity contribution in [3.63, 3.8) is 0 Å². The largest absolute Gasteiger partial charge is 0.494 e. The van der Waals surface area contributed by atoms with Crippen LogP contribution in [0, 0.1) is 5.82 Å². The Hall–Kier alpha value is -3.29. The number of nitrogens with zero attached hydrogens (tertiary/aromatic N) is 2. The lowest BCUT2D eigenvalue weighted by Gasteiger charge is -2.27. The van der Waals surface area contributed by atoms with Crippen LogP contribution in [-0.2, 0) is 29.0 Å². The number of carbonyl (C=O) groups excluding carboxylic acids is 1. The topological polar surface area (TPSA) is 63.7 Å². The normalized spacial score (nSPS) is 14.1. The molecule has 0 bridgehead atoms. The zero-order valence-electron chi connectivity index (χ0n) is 19.4. The standard InChI is InChI=1S/C27H30FN3O3/c1-2-34-24-9-6-21(7-10-24)25-11-8-23(30-26(25)19-31-12-14-33-15-13-31)17-27(32)29-18-20-4-3-5-22(28)16-20/h3-11,16H,2,12-15,17-19H2,1H3,(H,29,32). The van der Waals surface area contributed by atoms with Crippen molar-refractivity contribution < 1.29 is 18.7 Å². The molecule has 0 unspecified atom stereocenters. The molecule has 178 valence electrons. The molecular formula is C27H30FN3O3. The van der Waals surface area contributed by atoms with Gasteiger partial charge in [0.25, 0.3) is 0 Å². The molecule has 1 aliphatic heterocycles. The van der Waals surface area contributed by atoms with Crippen LogP contribution in [0.25, 0.3) is 11.1 Å². The van der Waals surface area contributed by atoms with Crippen LogP contribution in [0.15, 0.2) is 60.7 Å². The molecule has 3 aromatic rings. The minimum absolute atomic E-state index is 0.150. The number of carbonyl (C=O) groups is 1. The van der Waals surface area contributed by atoms with Gasteiger partial charge in [0, 0.05) is 31.7 Å². The van der Waals surface area contributed by atoms with Gasteiger partial charge in [-0.2, -0.15) is 0 Å². The third-order valence-corrected chi connectivity index (χ3v) is 5.71. The van der Waals surface area contributed by atoms with Crippen molar-refractivity contribution >= 4 is 5.91 Å². The monoisotopic (exact) mass is 463 g/mol. The fourth-order valence-electron chi connectivity index (χ4n) is 3.97. The Morgan fingerprint density at radius 1 is 1.12 bits per heavy atom. The Bertz CT molecular complexity index is 1100. The van der Waals surface area contributed by atoms with E-state index < -0.39 is 0 Å². The molecule has 1 N–H and O–H groups in total. The van der Waals surface area contributed by atoms with Crippen molar-refractivity contribution in [1.29, 1.82) is 0 Å². The zero-order valence-corrected chi connectivity index (χ0v) is 19.4. The zero-order chi connectivity index (χ0) is 23.8. The lowest BCUT2D eigenvalue weighted by atomic mass is 10.0. The number of hydrogen-bond donors (Lipinski definition) is 1. The van der Waals surface area contributed by atoms with Gasteiger partial charge in [-0.25, -0.2) is 4.39 Å². The fourth-order valence-corrected chi connectivity index (χ4v) is 3.97. The van der Waals surface area contributed by atoms with E-state index in [1.165, 1.54) is 12.1 Å². The molecule has 0 atom stereocenters. The van der Waals surface area contributed by atoms with Crippen molar-refractivity contribution in [2.75, 3.05) is 32.9 Å². The number of aromatic nitrogens is 1. The van der Waals surface area contributed by atoms with E-state index in [9.17, 15) is 9.18 Å². The molecule has 7 heteroatoms. The van der Waals surface area contributed by atoms with Crippen LogP contribution >= 0.6 is 0 Å². The third kappa shape index (κ3) is 6.62. The van der Waals surface area contributed by atoms with Gasteiger partial charge in [-0.3, -0.25) is 14.7 Å². The van der Waals surface area contributed by atoms with Crippen LogP contribution in [0.5, 0.6) is 5.75 Å². The molecule has 4 rings (SSSR count). The summed E-state index contributed by atoms with van der Waals surface area (Å²) in [6.45, 7) is 6.67. The summed E-state index contributed by atoms with van der Waals surface area (Å²) in [5, 5.41) is 2.85. The van der Waals surface area contributed by atoms with Crippen molar-refractivity contribution in [3.8, 4) is 16.9 Å². The summed E-state index contributed by atoms with van der Waals surface area (Å²) in [6.07, 6.45) is 0.162. The van der Waals surface area contributed by atoms with Gasteiger partial charge >= 0.3 is 0 Å². The minimum Gasteiger partial charge on any atom is -0.494 e. The summed E-state index contributed by atoms with van der Waals surface area (Å²) in [7, 11) is 0. The number of amides is 1. The quantitative estimate of drug-likeness (QED) is 0.520. The minimum atomic E-state index is -0.314. The predicted molar refractivity (Wildman–Crippen MR) is 129 cm³/mol. The summed E-state index contributed by atoms with van der Waals surface area (Å²) in [4.78, 5) is 19.7. The first-order valence-corrected chi connectivity index (χ1v) is 11.6. The molecule has 6 nitrogen and oxygen atoms in total. The van der Waals surface area contributed by atoms with E-state index in [0.717, 1.165) is 41.2 Å². The van der Waals surface area contributed by atoms with Crippen LogP contribution in [-0.4, -0.2) is 48.7 Å². The molecule has 1 aliphatic rings. The maximum atomic E-state index is 13.4. The molecule has 1 fully saturated rings. The SMILES string of the molecule is CCOc1ccc(-c2ccc(CC(=O)NCc3cccc(F)c3)nc2CN2CCOCC2)cc1. The Labute approximate surface area is 199 Å². The van der Waals surface area contributed by atoms with Gasteiger partial charge in [0.2, 0.25) is 5.91 Å². The molecule has 1 amide bonds. The number of hydrogen-bond acceptors (Lipinski definition) is 5. The van der Waals surface area contributed by atoms with Crippen LogP contribution in [0.2, 0.25) is 0 Å². The number of morpholine rings is 1. The van der Waals surface area contributed by atoms with Crippen molar-refractivity contribution in [2.24, 2.45) is 0 Å². The van der Waals surface area contributed by atoms with Crippen molar-refractivity contribution in [3.05, 3.63) is 83.4 Å². The fraction of sp³-hybridized carbons (Fsp3) is 0.333. The Kier molecular flexibility index (Phi) is 8.22. The maximum Gasteiger partial charge on any atom is 0.226 e. The van der Waals surface area contributed by atoms with E-state index in [4.69, 9.17) is 14.5 Å². The Morgan fingerprint density at radius 2 is 1.91 bits per heavy atom. The van der Waals surface area contributed by atoms with E-state index in [2.05, 4.69) is 10.2 Å². The Balaban J connectivity index is 1.50. The number of halogens is 1. The van der Waals surface area contributed by atoms with Crippen LogP contribution < -0.4 is 10.1 Å². The molecule has 2 aromatic carbocycles. The van der Waals surface area contributed by atoms with Crippen molar-refractivity contribution in [1.82, 2.24) is 15.2 Å². The first-order valence-electron chi connectivity index (χ1n) is 11.6. The third-order valence-electron chi connectivity index (χ3n) is 5.71. The van der Waals surface area contributed by atoms with Crippen molar-refractivity contribution in [2.45, 2.75) is 26.4 Å². The molecule has 1 saturated heterocycles. The van der Waals surface area contributed by atoms with Crippen LogP contribution in [0.1, 0.15) is 23.9 Å². The second-order valence-corrected chi connectivity index (χ2v) is 8.23. The average Bonchev–Trinajstić information content (AvgIpc) is 2.85. The number of pyridine rings is 1. The number of ether oxygens (including phenoxy) is 2. The molecule has 0 spiro atoms. The average molecular weight is 464 g/mol. The lowest BCUT2D eigenvalue weighted by Crippen LogP contribution is -2.36. The van der Waals surface area contributed by atoms with Gasteiger partial charge in [0.05, 0.1) is 37.6 Å². The lowest BCUT2D eigenvalue weighted by molar-refractivity contribution is -0.120. The highest BCUT2D eigenvalue weighted by atomic mass is 19.1. The summed E-state index contributed by atoms with van der Waals surface area (Å²) < 4.78 is 24.4. The molecule has 1 aromatic heterocycles. The summed E-state index contributed by atoms with van der Waals surface area (Å²) in [6, 6.07) is 18.2. The van der Waals surface area contributed by atoms with E-state index >= 15 is 0 Å². The van der Waals surface area contributed by atoms with E-state index in [1.807, 2.05) is 43.3 Å². The van der Waals surface area contributed by atoms with Crippen LogP contribution in [0.4, 0.5) is 4.39 Å². The van der Waals surface area contributed by atoms with Gasteiger partial charge in [0.1, 0.15) is 11.6 Å². The molecule has 0 aliphatic carbocycles. The summed E-state index contributed by atoms with van der Waals surface area (Å²) in [5.41, 5.74) is 4.45. The molecular weight excluding hydrogens is 433 g/mol. The first kappa shape index (κ1) is 23.9. The molecule has 34 heavy (non-hydrogen) atoms. The van der Waals surface area contributed by atoms with Gasteiger partial charge in [-0.15, -0.1) is 0 Å². The first-order chi connectivity index (χ1) is 16.6. The highest BCUT2D eigenvalue weighted by molar-refractivity contribution is 5.78. The second kappa shape index (κ2) is 11.7. The number of nitrogens with one attached hydrogen (secondary N) is 1. The van der Waals surface area contributed by atoms with Crippen LogP contribution in [0.3, 0.4) is 0 Å². The van der Waals surface area contributed by atoms with E-state index in [0.29, 0.717) is 32.1 Å². The highest BCUT2D eigenvalue weighted by Crippen LogP contribution is 2.27. The van der Waals surface area contributed by atoms with Gasteiger partial charge in [0.15, 0.2) is 0 Å². The number of rotatable bonds is 9. The number of benzene rings is 2. The van der Waals surface area contributed by atoms with E-state index in [1.54, 1.807) is 12.1 Å².